The first kappa shape index (κ1) is 22.1. The number of nitrogens with zero attached hydrogens (tertiary/aromatic N) is 3. The third-order valence-electron chi connectivity index (χ3n) is 5.56. The second-order valence-corrected chi connectivity index (χ2v) is 8.93. The Morgan fingerprint density at radius 2 is 2.00 bits per heavy atom. The van der Waals surface area contributed by atoms with Crippen molar-refractivity contribution < 1.29 is 9.53 Å². The molecule has 1 aliphatic carbocycles. The lowest BCUT2D eigenvalue weighted by molar-refractivity contribution is -0.119. The van der Waals surface area contributed by atoms with E-state index < -0.39 is 0 Å². The number of nitrogens with one attached hydrogen (secondary N) is 1. The van der Waals surface area contributed by atoms with E-state index in [2.05, 4.69) is 53.3 Å². The van der Waals surface area contributed by atoms with E-state index in [0.29, 0.717) is 23.4 Å². The van der Waals surface area contributed by atoms with Gasteiger partial charge in [0.05, 0.1) is 24.5 Å². The lowest BCUT2D eigenvalue weighted by Gasteiger charge is -2.19. The summed E-state index contributed by atoms with van der Waals surface area (Å²) in [5.74, 6) is 2.22. The number of hydrogen-bond acceptors (Lipinski definition) is 5. The summed E-state index contributed by atoms with van der Waals surface area (Å²) in [4.78, 5) is 12.8. The number of ether oxygens (including phenoxy) is 1. The lowest BCUT2D eigenvalue weighted by atomic mass is 10.0. The van der Waals surface area contributed by atoms with Gasteiger partial charge in [0.2, 0.25) is 5.91 Å². The second kappa shape index (κ2) is 10.0. The number of benzene rings is 2. The van der Waals surface area contributed by atoms with Gasteiger partial charge in [-0.1, -0.05) is 59.8 Å². The maximum atomic E-state index is 12.8. The van der Waals surface area contributed by atoms with Crippen LogP contribution in [0.15, 0.2) is 66.3 Å². The Balaban J connectivity index is 1.47. The van der Waals surface area contributed by atoms with Crippen LogP contribution >= 0.6 is 11.8 Å². The second-order valence-electron chi connectivity index (χ2n) is 7.99. The zero-order valence-electron chi connectivity index (χ0n) is 18.5. The van der Waals surface area contributed by atoms with Crippen molar-refractivity contribution in [2.45, 2.75) is 37.5 Å². The van der Waals surface area contributed by atoms with Crippen LogP contribution in [0.3, 0.4) is 0 Å². The predicted molar refractivity (Wildman–Crippen MR) is 128 cm³/mol. The van der Waals surface area contributed by atoms with Crippen molar-refractivity contribution in [3.63, 3.8) is 0 Å². The molecule has 1 aromatic heterocycles. The number of carbonyl (C=O) groups is 1. The van der Waals surface area contributed by atoms with Gasteiger partial charge >= 0.3 is 0 Å². The molecule has 1 aliphatic rings. The van der Waals surface area contributed by atoms with Crippen molar-refractivity contribution >= 4 is 17.7 Å². The fourth-order valence-electron chi connectivity index (χ4n) is 3.74. The molecule has 4 rings (SSSR count). The summed E-state index contributed by atoms with van der Waals surface area (Å²) >= 11 is 1.38. The Bertz CT molecular complexity index is 1090. The fraction of sp³-hybridized carbons (Fsp3) is 0.320. The van der Waals surface area contributed by atoms with E-state index in [9.17, 15) is 4.79 Å². The number of methoxy groups -OCH3 is 1. The Labute approximate surface area is 193 Å². The first-order valence-corrected chi connectivity index (χ1v) is 11.8. The minimum atomic E-state index is -0.000491. The minimum Gasteiger partial charge on any atom is -0.496 e. The van der Waals surface area contributed by atoms with Gasteiger partial charge in [-0.3, -0.25) is 9.36 Å². The van der Waals surface area contributed by atoms with Crippen molar-refractivity contribution in [2.24, 2.45) is 5.92 Å². The molecule has 166 valence electrons. The van der Waals surface area contributed by atoms with Gasteiger partial charge in [0.1, 0.15) is 5.75 Å². The highest BCUT2D eigenvalue weighted by Gasteiger charge is 2.33. The van der Waals surface area contributed by atoms with Gasteiger partial charge in [-0.15, -0.1) is 16.8 Å². The SMILES string of the molecule is C=CCn1c(SCC(=O)NC(c2ccc(C)cc2)C2CC2)nnc1-c1ccccc1OC. The Hall–Kier alpha value is -3.06. The van der Waals surface area contributed by atoms with Crippen LogP contribution in [0.5, 0.6) is 5.75 Å². The zero-order chi connectivity index (χ0) is 22.5. The van der Waals surface area contributed by atoms with Gasteiger partial charge in [-0.05, 0) is 43.4 Å². The Morgan fingerprint density at radius 1 is 1.25 bits per heavy atom. The van der Waals surface area contributed by atoms with Gasteiger partial charge < -0.3 is 10.1 Å². The van der Waals surface area contributed by atoms with Crippen molar-refractivity contribution in [3.05, 3.63) is 72.3 Å². The highest BCUT2D eigenvalue weighted by molar-refractivity contribution is 7.99. The maximum absolute atomic E-state index is 12.8. The van der Waals surface area contributed by atoms with Gasteiger partial charge in [0.15, 0.2) is 11.0 Å². The number of aryl methyl sites for hydroxylation is 1. The smallest absolute Gasteiger partial charge is 0.230 e. The Morgan fingerprint density at radius 3 is 2.69 bits per heavy atom. The van der Waals surface area contributed by atoms with Crippen LogP contribution in [-0.4, -0.2) is 33.5 Å². The number of allylic oxidation sites excluding steroid dienone is 1. The van der Waals surface area contributed by atoms with Gasteiger partial charge in [0.25, 0.3) is 0 Å². The van der Waals surface area contributed by atoms with E-state index in [0.717, 1.165) is 24.2 Å². The fourth-order valence-corrected chi connectivity index (χ4v) is 4.50. The van der Waals surface area contributed by atoms with Gasteiger partial charge in [0, 0.05) is 6.54 Å². The van der Waals surface area contributed by atoms with Crippen LogP contribution in [0.2, 0.25) is 0 Å². The van der Waals surface area contributed by atoms with Crippen LogP contribution in [-0.2, 0) is 11.3 Å². The third kappa shape index (κ3) is 5.05. The highest BCUT2D eigenvalue weighted by Crippen LogP contribution is 2.41. The molecular formula is C25H28N4O2S. The third-order valence-corrected chi connectivity index (χ3v) is 6.52. The average Bonchev–Trinajstić information content (AvgIpc) is 3.58. The number of para-hydroxylation sites is 1. The lowest BCUT2D eigenvalue weighted by Crippen LogP contribution is -2.31. The molecule has 0 radical (unpaired) electrons. The van der Waals surface area contributed by atoms with Crippen LogP contribution in [0.1, 0.15) is 30.0 Å². The van der Waals surface area contributed by atoms with Gasteiger partial charge in [-0.2, -0.15) is 0 Å². The molecule has 1 unspecified atom stereocenters. The van der Waals surface area contributed by atoms with E-state index in [1.807, 2.05) is 28.8 Å². The molecule has 2 aromatic carbocycles. The number of hydrogen-bond donors (Lipinski definition) is 1. The molecule has 1 heterocycles. The van der Waals surface area contributed by atoms with Gasteiger partial charge in [-0.25, -0.2) is 0 Å². The molecule has 0 bridgehead atoms. The van der Waals surface area contributed by atoms with Crippen molar-refractivity contribution in [1.82, 2.24) is 20.1 Å². The summed E-state index contributed by atoms with van der Waals surface area (Å²) in [6.07, 6.45) is 4.11. The summed E-state index contributed by atoms with van der Waals surface area (Å²) < 4.78 is 7.44. The van der Waals surface area contributed by atoms with Crippen molar-refractivity contribution in [3.8, 4) is 17.1 Å². The minimum absolute atomic E-state index is 0.000491. The zero-order valence-corrected chi connectivity index (χ0v) is 19.3. The summed E-state index contributed by atoms with van der Waals surface area (Å²) in [6.45, 7) is 6.47. The first-order chi connectivity index (χ1) is 15.6. The number of aromatic nitrogens is 3. The first-order valence-electron chi connectivity index (χ1n) is 10.8. The number of thioether (sulfide) groups is 1. The normalized spacial score (nSPS) is 14.1. The molecule has 1 amide bonds. The molecule has 7 heteroatoms. The van der Waals surface area contributed by atoms with E-state index >= 15 is 0 Å². The molecule has 0 aliphatic heterocycles. The molecule has 32 heavy (non-hydrogen) atoms. The molecule has 1 fully saturated rings. The van der Waals surface area contributed by atoms with E-state index in [1.54, 1.807) is 13.2 Å². The molecule has 1 N–H and O–H groups in total. The molecule has 0 spiro atoms. The average molecular weight is 449 g/mol. The summed E-state index contributed by atoms with van der Waals surface area (Å²) in [7, 11) is 1.64. The Kier molecular flexibility index (Phi) is 6.95. The van der Waals surface area contributed by atoms with Crippen molar-refractivity contribution in [2.75, 3.05) is 12.9 Å². The summed E-state index contributed by atoms with van der Waals surface area (Å²) in [6, 6.07) is 16.2. The standard InChI is InChI=1S/C25H28N4O2S/c1-4-15-29-24(20-7-5-6-8-21(20)31-3)27-28-25(29)32-16-22(30)26-23(19-13-14-19)18-11-9-17(2)10-12-18/h4-12,19,23H,1,13-16H2,2-3H3,(H,26,30). The quantitative estimate of drug-likeness (QED) is 0.356. The monoisotopic (exact) mass is 448 g/mol. The molecule has 6 nitrogen and oxygen atoms in total. The summed E-state index contributed by atoms with van der Waals surface area (Å²) in [5.41, 5.74) is 3.25. The van der Waals surface area contributed by atoms with E-state index in [4.69, 9.17) is 4.74 Å². The largest absolute Gasteiger partial charge is 0.496 e. The maximum Gasteiger partial charge on any atom is 0.230 e. The molecular weight excluding hydrogens is 420 g/mol. The number of rotatable bonds is 10. The van der Waals surface area contributed by atoms with E-state index in [-0.39, 0.29) is 17.7 Å². The highest BCUT2D eigenvalue weighted by atomic mass is 32.2. The number of carbonyl (C=O) groups excluding carboxylic acids is 1. The van der Waals surface area contributed by atoms with Crippen LogP contribution in [0, 0.1) is 12.8 Å². The topological polar surface area (TPSA) is 69.0 Å². The van der Waals surface area contributed by atoms with Crippen LogP contribution in [0.25, 0.3) is 11.4 Å². The van der Waals surface area contributed by atoms with Crippen LogP contribution < -0.4 is 10.1 Å². The molecule has 3 aromatic rings. The summed E-state index contributed by atoms with van der Waals surface area (Å²) in [5, 5.41) is 12.6. The molecule has 1 atom stereocenters. The molecule has 1 saturated carbocycles. The predicted octanol–water partition coefficient (Wildman–Crippen LogP) is 4.81. The van der Waals surface area contributed by atoms with Crippen LogP contribution in [0.4, 0.5) is 0 Å². The van der Waals surface area contributed by atoms with E-state index in [1.165, 1.54) is 22.9 Å². The molecule has 0 saturated heterocycles. The number of amides is 1. The van der Waals surface area contributed by atoms with Crippen molar-refractivity contribution in [1.29, 1.82) is 0 Å².